The van der Waals surface area contributed by atoms with E-state index in [0.29, 0.717) is 5.02 Å². The largest absolute Gasteiger partial charge is 0.0843 e. The molecular weight excluding hydrogens is 228 g/mol. The highest BCUT2D eigenvalue weighted by Gasteiger charge is 2.02. The average molecular weight is 235 g/mol. The first-order chi connectivity index (χ1) is 8.33. The molecule has 0 saturated carbocycles. The third-order valence-corrected chi connectivity index (χ3v) is 2.81. The smallest absolute Gasteiger partial charge is 0.0420 e. The van der Waals surface area contributed by atoms with E-state index in [1.807, 2.05) is 42.5 Å². The fraction of sp³-hybridized carbons (Fsp3) is 0. The number of hydrogen-bond donors (Lipinski definition) is 0. The van der Waals surface area contributed by atoms with Crippen molar-refractivity contribution in [1.29, 1.82) is 0 Å². The van der Waals surface area contributed by atoms with Crippen LogP contribution in [0.25, 0.3) is 0 Å². The Bertz CT molecular complexity index is 718. The van der Waals surface area contributed by atoms with Gasteiger partial charge in [0, 0.05) is 27.3 Å². The second-order valence-corrected chi connectivity index (χ2v) is 4.17. The summed E-state index contributed by atoms with van der Waals surface area (Å²) in [5.74, 6) is 12.5. The minimum atomic E-state index is 0.689. The third kappa shape index (κ3) is 1.92. The van der Waals surface area contributed by atoms with E-state index in [4.69, 9.17) is 11.6 Å². The highest BCUT2D eigenvalue weighted by atomic mass is 35.5. The molecule has 1 heteroatoms. The molecule has 0 heterocycles. The molecule has 0 bridgehead atoms. The Kier molecular flexibility index (Phi) is 2.37. The fourth-order valence-corrected chi connectivity index (χ4v) is 1.87. The SMILES string of the molecule is Clc1ccc2c(c1)C#Cc1ccccc1C#C2. The van der Waals surface area contributed by atoms with Crippen molar-refractivity contribution in [1.82, 2.24) is 0 Å². The van der Waals surface area contributed by atoms with Crippen molar-refractivity contribution in [3.8, 4) is 23.7 Å². The lowest BCUT2D eigenvalue weighted by Crippen LogP contribution is -1.89. The monoisotopic (exact) mass is 234 g/mol. The molecule has 3 rings (SSSR count). The molecule has 0 spiro atoms. The Balaban J connectivity index is 2.25. The molecule has 1 aliphatic carbocycles. The van der Waals surface area contributed by atoms with E-state index in [0.717, 1.165) is 22.3 Å². The van der Waals surface area contributed by atoms with Crippen LogP contribution in [0.2, 0.25) is 5.02 Å². The third-order valence-electron chi connectivity index (χ3n) is 2.57. The van der Waals surface area contributed by atoms with E-state index in [2.05, 4.69) is 23.7 Å². The molecule has 0 saturated heterocycles. The lowest BCUT2D eigenvalue weighted by molar-refractivity contribution is 1.54. The zero-order chi connectivity index (χ0) is 11.7. The Labute approximate surface area is 105 Å². The first-order valence-corrected chi connectivity index (χ1v) is 5.63. The summed E-state index contributed by atoms with van der Waals surface area (Å²) in [6, 6.07) is 13.5. The minimum Gasteiger partial charge on any atom is -0.0843 e. The molecule has 2 aromatic rings. The van der Waals surface area contributed by atoms with Gasteiger partial charge in [-0.2, -0.15) is 0 Å². The van der Waals surface area contributed by atoms with Crippen molar-refractivity contribution in [3.05, 3.63) is 69.7 Å². The van der Waals surface area contributed by atoms with Crippen molar-refractivity contribution in [2.24, 2.45) is 0 Å². The lowest BCUT2D eigenvalue weighted by atomic mass is 10.0. The Morgan fingerprint density at radius 1 is 0.647 bits per heavy atom. The molecule has 0 unspecified atom stereocenters. The van der Waals surface area contributed by atoms with E-state index < -0.39 is 0 Å². The number of rotatable bonds is 0. The molecule has 1 aliphatic rings. The van der Waals surface area contributed by atoms with Gasteiger partial charge >= 0.3 is 0 Å². The molecule has 2 aromatic carbocycles. The summed E-state index contributed by atoms with van der Waals surface area (Å²) in [7, 11) is 0. The number of hydrogen-bond acceptors (Lipinski definition) is 0. The van der Waals surface area contributed by atoms with Gasteiger partial charge in [0.1, 0.15) is 0 Å². The number of fused-ring (bicyclic) bond motifs is 2. The van der Waals surface area contributed by atoms with Gasteiger partial charge in [-0.1, -0.05) is 47.4 Å². The molecule has 0 aliphatic heterocycles. The highest BCUT2D eigenvalue weighted by Crippen LogP contribution is 2.16. The Hall–Kier alpha value is -2.15. The van der Waals surface area contributed by atoms with Crippen molar-refractivity contribution in [2.75, 3.05) is 0 Å². The van der Waals surface area contributed by atoms with Crippen LogP contribution in [-0.4, -0.2) is 0 Å². The quantitative estimate of drug-likeness (QED) is 0.523. The highest BCUT2D eigenvalue weighted by molar-refractivity contribution is 6.30. The summed E-state index contributed by atoms with van der Waals surface area (Å²) in [5, 5.41) is 0.689. The van der Waals surface area contributed by atoms with Crippen LogP contribution < -0.4 is 0 Å². The normalized spacial score (nSPS) is 10.6. The summed E-state index contributed by atoms with van der Waals surface area (Å²) in [6.07, 6.45) is 0. The van der Waals surface area contributed by atoms with Gasteiger partial charge in [-0.25, -0.2) is 0 Å². The molecule has 0 radical (unpaired) electrons. The van der Waals surface area contributed by atoms with Crippen molar-refractivity contribution in [2.45, 2.75) is 0 Å². The lowest BCUT2D eigenvalue weighted by Gasteiger charge is -2.01. The van der Waals surface area contributed by atoms with Crippen LogP contribution in [0.15, 0.2) is 42.5 Å². The molecule has 0 N–H and O–H groups in total. The molecule has 0 fully saturated rings. The van der Waals surface area contributed by atoms with E-state index in [1.54, 1.807) is 0 Å². The first kappa shape index (κ1) is 10.0. The zero-order valence-corrected chi connectivity index (χ0v) is 9.68. The van der Waals surface area contributed by atoms with Crippen molar-refractivity contribution >= 4 is 11.6 Å². The second kappa shape index (κ2) is 4.02. The maximum atomic E-state index is 5.95. The summed E-state index contributed by atoms with van der Waals surface area (Å²) in [6.45, 7) is 0. The topological polar surface area (TPSA) is 0 Å². The van der Waals surface area contributed by atoms with Gasteiger partial charge in [-0.05, 0) is 30.3 Å². The van der Waals surface area contributed by atoms with Gasteiger partial charge in [0.25, 0.3) is 0 Å². The maximum Gasteiger partial charge on any atom is 0.0420 e. The van der Waals surface area contributed by atoms with E-state index in [9.17, 15) is 0 Å². The predicted octanol–water partition coefficient (Wildman–Crippen LogP) is 3.45. The Morgan fingerprint density at radius 3 is 1.82 bits per heavy atom. The Morgan fingerprint density at radius 2 is 1.18 bits per heavy atom. The summed E-state index contributed by atoms with van der Waals surface area (Å²) in [4.78, 5) is 0. The standard InChI is InChI=1S/C16H7Cl/c17-16-10-9-14-6-5-12-3-1-2-4-13(12)7-8-15(14)11-16/h1-4,9-11H. The van der Waals surface area contributed by atoms with Gasteiger partial charge < -0.3 is 0 Å². The van der Waals surface area contributed by atoms with Gasteiger partial charge in [0.15, 0.2) is 0 Å². The van der Waals surface area contributed by atoms with Crippen LogP contribution in [0.5, 0.6) is 0 Å². The van der Waals surface area contributed by atoms with Crippen molar-refractivity contribution in [3.63, 3.8) is 0 Å². The summed E-state index contributed by atoms with van der Waals surface area (Å²) in [5.41, 5.74) is 3.75. The molecule has 17 heavy (non-hydrogen) atoms. The van der Waals surface area contributed by atoms with Crippen LogP contribution in [0.1, 0.15) is 22.3 Å². The average Bonchev–Trinajstić information content (AvgIpc) is 2.33. The molecule has 78 valence electrons. The van der Waals surface area contributed by atoms with E-state index in [1.165, 1.54) is 0 Å². The van der Waals surface area contributed by atoms with Crippen LogP contribution in [0, 0.1) is 23.7 Å². The van der Waals surface area contributed by atoms with E-state index >= 15 is 0 Å². The molecule has 0 amide bonds. The van der Waals surface area contributed by atoms with Gasteiger partial charge in [-0.3, -0.25) is 0 Å². The van der Waals surface area contributed by atoms with Crippen molar-refractivity contribution < 1.29 is 0 Å². The second-order valence-electron chi connectivity index (χ2n) is 3.74. The van der Waals surface area contributed by atoms with Crippen LogP contribution >= 0.6 is 11.6 Å². The van der Waals surface area contributed by atoms with Crippen LogP contribution in [0.3, 0.4) is 0 Å². The minimum absolute atomic E-state index is 0.689. The molecule has 0 nitrogen and oxygen atoms in total. The predicted molar refractivity (Wildman–Crippen MR) is 69.9 cm³/mol. The van der Waals surface area contributed by atoms with Crippen LogP contribution in [0.4, 0.5) is 0 Å². The fourth-order valence-electron chi connectivity index (χ4n) is 1.70. The van der Waals surface area contributed by atoms with Gasteiger partial charge in [0.05, 0.1) is 0 Å². The maximum absolute atomic E-state index is 5.95. The van der Waals surface area contributed by atoms with E-state index in [-0.39, 0.29) is 0 Å². The molecular formula is C16H7Cl. The molecule has 0 aromatic heterocycles. The summed E-state index contributed by atoms with van der Waals surface area (Å²) >= 11 is 5.95. The first-order valence-electron chi connectivity index (χ1n) is 5.25. The number of benzene rings is 2. The molecule has 0 atom stereocenters. The number of halogens is 1. The van der Waals surface area contributed by atoms with Crippen LogP contribution in [-0.2, 0) is 0 Å². The van der Waals surface area contributed by atoms with Gasteiger partial charge in [-0.15, -0.1) is 0 Å². The zero-order valence-electron chi connectivity index (χ0n) is 8.92. The van der Waals surface area contributed by atoms with Gasteiger partial charge in [0.2, 0.25) is 0 Å². The summed E-state index contributed by atoms with van der Waals surface area (Å²) < 4.78 is 0.